The number of piperazine rings is 1. The fourth-order valence-electron chi connectivity index (χ4n) is 2.53. The fourth-order valence-corrected chi connectivity index (χ4v) is 2.53. The maximum atomic E-state index is 12.4. The zero-order valence-corrected chi connectivity index (χ0v) is 11.5. The van der Waals surface area contributed by atoms with Gasteiger partial charge in [-0.2, -0.15) is 0 Å². The number of carbonyl (C=O) groups excluding carboxylic acids is 1. The Kier molecular flexibility index (Phi) is 5.07. The van der Waals surface area contributed by atoms with E-state index in [4.69, 9.17) is 5.11 Å². The molecule has 1 aromatic carbocycles. The number of Topliss-reactive ketones (excluding diaryl/α,β-unsaturated/α-hetero) is 1. The van der Waals surface area contributed by atoms with Crippen LogP contribution in [0.1, 0.15) is 17.3 Å². The van der Waals surface area contributed by atoms with E-state index in [1.165, 1.54) is 0 Å². The van der Waals surface area contributed by atoms with Gasteiger partial charge in [0, 0.05) is 38.3 Å². The molecule has 0 spiro atoms. The molecular formula is C15H22N2O2. The molecule has 0 aromatic heterocycles. The highest BCUT2D eigenvalue weighted by molar-refractivity contribution is 5.99. The van der Waals surface area contributed by atoms with Crippen molar-refractivity contribution < 1.29 is 9.90 Å². The van der Waals surface area contributed by atoms with Crippen molar-refractivity contribution in [2.45, 2.75) is 13.0 Å². The van der Waals surface area contributed by atoms with Gasteiger partial charge in [0.25, 0.3) is 0 Å². The molecule has 4 heteroatoms. The highest BCUT2D eigenvalue weighted by atomic mass is 16.3. The van der Waals surface area contributed by atoms with Crippen molar-refractivity contribution in [1.82, 2.24) is 9.80 Å². The summed E-state index contributed by atoms with van der Waals surface area (Å²) in [4.78, 5) is 16.8. The number of carbonyl (C=O) groups is 1. The third-order valence-corrected chi connectivity index (χ3v) is 3.81. The van der Waals surface area contributed by atoms with Crippen LogP contribution in [0.2, 0.25) is 0 Å². The van der Waals surface area contributed by atoms with Crippen LogP contribution < -0.4 is 0 Å². The lowest BCUT2D eigenvalue weighted by atomic mass is 10.0. The topological polar surface area (TPSA) is 43.8 Å². The first-order valence-electron chi connectivity index (χ1n) is 6.89. The third-order valence-electron chi connectivity index (χ3n) is 3.81. The predicted molar refractivity (Wildman–Crippen MR) is 75.3 cm³/mol. The number of hydrogen-bond donors (Lipinski definition) is 1. The number of nitrogens with zero attached hydrogens (tertiary/aromatic N) is 2. The molecule has 1 aliphatic heterocycles. The summed E-state index contributed by atoms with van der Waals surface area (Å²) in [7, 11) is 0. The molecule has 2 rings (SSSR count). The Morgan fingerprint density at radius 3 is 2.42 bits per heavy atom. The second-order valence-electron chi connectivity index (χ2n) is 5.01. The first-order valence-corrected chi connectivity index (χ1v) is 6.89. The Morgan fingerprint density at radius 2 is 1.84 bits per heavy atom. The molecule has 1 heterocycles. The summed E-state index contributed by atoms with van der Waals surface area (Å²) < 4.78 is 0. The summed E-state index contributed by atoms with van der Waals surface area (Å²) in [5.74, 6) is 0.191. The van der Waals surface area contributed by atoms with Crippen molar-refractivity contribution in [1.29, 1.82) is 0 Å². The molecule has 1 N–H and O–H groups in total. The number of benzene rings is 1. The van der Waals surface area contributed by atoms with Gasteiger partial charge in [0.15, 0.2) is 5.78 Å². The van der Waals surface area contributed by atoms with Crippen LogP contribution in [-0.2, 0) is 0 Å². The van der Waals surface area contributed by atoms with E-state index in [9.17, 15) is 4.79 Å². The molecule has 1 fully saturated rings. The summed E-state index contributed by atoms with van der Waals surface area (Å²) in [5, 5.41) is 8.92. The van der Waals surface area contributed by atoms with Crippen molar-refractivity contribution >= 4 is 5.78 Å². The van der Waals surface area contributed by atoms with E-state index < -0.39 is 0 Å². The van der Waals surface area contributed by atoms with E-state index >= 15 is 0 Å². The second kappa shape index (κ2) is 6.80. The molecule has 0 saturated carbocycles. The van der Waals surface area contributed by atoms with Gasteiger partial charge in [0.2, 0.25) is 0 Å². The summed E-state index contributed by atoms with van der Waals surface area (Å²) >= 11 is 0. The minimum Gasteiger partial charge on any atom is -0.395 e. The van der Waals surface area contributed by atoms with E-state index in [1.807, 2.05) is 37.3 Å². The molecule has 1 aliphatic rings. The molecule has 1 atom stereocenters. The Morgan fingerprint density at radius 1 is 1.21 bits per heavy atom. The van der Waals surface area contributed by atoms with Gasteiger partial charge in [-0.1, -0.05) is 30.3 Å². The van der Waals surface area contributed by atoms with Gasteiger partial charge in [-0.3, -0.25) is 14.6 Å². The number of ketones is 1. The van der Waals surface area contributed by atoms with Gasteiger partial charge in [0.05, 0.1) is 12.6 Å². The molecule has 104 valence electrons. The summed E-state index contributed by atoms with van der Waals surface area (Å²) in [5.41, 5.74) is 0.785. The minimum absolute atomic E-state index is 0.0707. The summed E-state index contributed by atoms with van der Waals surface area (Å²) in [6.07, 6.45) is 0. The van der Waals surface area contributed by atoms with E-state index in [1.54, 1.807) is 0 Å². The highest BCUT2D eigenvalue weighted by Crippen LogP contribution is 2.11. The van der Waals surface area contributed by atoms with Gasteiger partial charge >= 0.3 is 0 Å². The van der Waals surface area contributed by atoms with Gasteiger partial charge in [0.1, 0.15) is 0 Å². The van der Waals surface area contributed by atoms with E-state index in [0.29, 0.717) is 0 Å². The van der Waals surface area contributed by atoms with E-state index in [2.05, 4.69) is 9.80 Å². The number of rotatable bonds is 5. The van der Waals surface area contributed by atoms with Crippen molar-refractivity contribution in [3.63, 3.8) is 0 Å². The van der Waals surface area contributed by atoms with Crippen LogP contribution in [0.4, 0.5) is 0 Å². The van der Waals surface area contributed by atoms with Crippen LogP contribution in [0.5, 0.6) is 0 Å². The number of aliphatic hydroxyl groups excluding tert-OH is 1. The van der Waals surface area contributed by atoms with Crippen molar-refractivity contribution in [3.05, 3.63) is 35.9 Å². The predicted octanol–water partition coefficient (Wildman–Crippen LogP) is 0.868. The molecule has 0 amide bonds. The molecule has 4 nitrogen and oxygen atoms in total. The Hall–Kier alpha value is -1.23. The third kappa shape index (κ3) is 3.62. The lowest BCUT2D eigenvalue weighted by Gasteiger charge is -2.37. The van der Waals surface area contributed by atoms with Crippen LogP contribution in [-0.4, -0.2) is 66.1 Å². The average molecular weight is 262 g/mol. The smallest absolute Gasteiger partial charge is 0.179 e. The Balaban J connectivity index is 1.91. The lowest BCUT2D eigenvalue weighted by Crippen LogP contribution is -2.52. The standard InChI is InChI=1S/C15H22N2O2/c1-13(15(19)14-5-3-2-4-6-14)17-9-7-16(8-10-17)11-12-18/h2-6,13,18H,7-12H2,1H3. The number of β-amino-alcohol motifs (C(OH)–C–C–N with tert-alkyl or cyclic N) is 1. The molecular weight excluding hydrogens is 240 g/mol. The largest absolute Gasteiger partial charge is 0.395 e. The Bertz CT molecular complexity index is 400. The zero-order chi connectivity index (χ0) is 13.7. The molecule has 0 bridgehead atoms. The van der Waals surface area contributed by atoms with Crippen molar-refractivity contribution in [2.24, 2.45) is 0 Å². The molecule has 0 radical (unpaired) electrons. The van der Waals surface area contributed by atoms with Crippen LogP contribution in [0, 0.1) is 0 Å². The molecule has 1 aromatic rings. The van der Waals surface area contributed by atoms with Crippen LogP contribution in [0.15, 0.2) is 30.3 Å². The van der Waals surface area contributed by atoms with E-state index in [0.717, 1.165) is 38.3 Å². The highest BCUT2D eigenvalue weighted by Gasteiger charge is 2.25. The molecule has 19 heavy (non-hydrogen) atoms. The van der Waals surface area contributed by atoms with Gasteiger partial charge in [-0.05, 0) is 6.92 Å². The monoisotopic (exact) mass is 262 g/mol. The lowest BCUT2D eigenvalue weighted by molar-refractivity contribution is 0.0663. The van der Waals surface area contributed by atoms with Gasteiger partial charge < -0.3 is 5.11 Å². The maximum Gasteiger partial charge on any atom is 0.179 e. The molecule has 1 saturated heterocycles. The summed E-state index contributed by atoms with van der Waals surface area (Å²) in [6.45, 7) is 6.55. The number of hydrogen-bond acceptors (Lipinski definition) is 4. The van der Waals surface area contributed by atoms with Crippen LogP contribution >= 0.6 is 0 Å². The van der Waals surface area contributed by atoms with Crippen LogP contribution in [0.25, 0.3) is 0 Å². The summed E-state index contributed by atoms with van der Waals surface area (Å²) in [6, 6.07) is 9.41. The van der Waals surface area contributed by atoms with Crippen molar-refractivity contribution in [3.8, 4) is 0 Å². The Labute approximate surface area is 114 Å². The van der Waals surface area contributed by atoms with Crippen LogP contribution in [0.3, 0.4) is 0 Å². The average Bonchev–Trinajstić information content (AvgIpc) is 2.48. The van der Waals surface area contributed by atoms with Gasteiger partial charge in [-0.15, -0.1) is 0 Å². The SMILES string of the molecule is CC(C(=O)c1ccccc1)N1CCN(CCO)CC1. The minimum atomic E-state index is -0.0707. The quantitative estimate of drug-likeness (QED) is 0.800. The first-order chi connectivity index (χ1) is 9.22. The van der Waals surface area contributed by atoms with E-state index in [-0.39, 0.29) is 18.4 Å². The molecule has 1 unspecified atom stereocenters. The first kappa shape index (κ1) is 14.2. The molecule has 0 aliphatic carbocycles. The second-order valence-corrected chi connectivity index (χ2v) is 5.01. The zero-order valence-electron chi connectivity index (χ0n) is 11.5. The van der Waals surface area contributed by atoms with Gasteiger partial charge in [-0.25, -0.2) is 0 Å². The normalized spacial score (nSPS) is 19.3. The maximum absolute atomic E-state index is 12.4. The van der Waals surface area contributed by atoms with Crippen molar-refractivity contribution in [2.75, 3.05) is 39.3 Å². The number of aliphatic hydroxyl groups is 1. The fraction of sp³-hybridized carbons (Fsp3) is 0.533.